The first-order chi connectivity index (χ1) is 10.0. The number of fused-ring (bicyclic) bond motifs is 1. The van der Waals surface area contributed by atoms with Gasteiger partial charge in [-0.2, -0.15) is 0 Å². The van der Waals surface area contributed by atoms with Crippen molar-refractivity contribution in [2.24, 2.45) is 0 Å². The molecule has 0 aliphatic rings. The highest BCUT2D eigenvalue weighted by Crippen LogP contribution is 2.28. The molecule has 0 saturated heterocycles. The Bertz CT molecular complexity index is 845. The number of aryl methyl sites for hydroxylation is 1. The Morgan fingerprint density at radius 3 is 2.76 bits per heavy atom. The number of benzene rings is 2. The summed E-state index contributed by atoms with van der Waals surface area (Å²) < 4.78 is 1.03. The number of carbonyl (C=O) groups is 1. The maximum atomic E-state index is 12.2. The maximum absolute atomic E-state index is 12.2. The largest absolute Gasteiger partial charge is 0.298 e. The van der Waals surface area contributed by atoms with Gasteiger partial charge in [-0.05, 0) is 42.8 Å². The minimum Gasteiger partial charge on any atom is -0.298 e. The van der Waals surface area contributed by atoms with Crippen LogP contribution in [0.3, 0.4) is 0 Å². The van der Waals surface area contributed by atoms with Gasteiger partial charge in [0.05, 0.1) is 20.8 Å². The van der Waals surface area contributed by atoms with Gasteiger partial charge in [0.2, 0.25) is 0 Å². The van der Waals surface area contributed by atoms with E-state index in [4.69, 9.17) is 23.2 Å². The quantitative estimate of drug-likeness (QED) is 0.701. The molecule has 3 nitrogen and oxygen atoms in total. The normalized spacial score (nSPS) is 10.8. The van der Waals surface area contributed by atoms with Crippen molar-refractivity contribution in [1.82, 2.24) is 4.98 Å². The Balaban J connectivity index is 1.89. The highest BCUT2D eigenvalue weighted by Gasteiger charge is 2.13. The van der Waals surface area contributed by atoms with Crippen LogP contribution in [0.1, 0.15) is 15.9 Å². The first kappa shape index (κ1) is 14.3. The van der Waals surface area contributed by atoms with Crippen LogP contribution in [0.4, 0.5) is 5.13 Å². The molecular weight excluding hydrogens is 327 g/mol. The standard InChI is InChI=1S/C15H10Cl2N2OS/c1-8-2-5-12-13(6-8)21-15(18-12)19-14(20)10-4-3-9(16)7-11(10)17/h2-7H,1H3,(H,18,19,20). The van der Waals surface area contributed by atoms with Crippen molar-refractivity contribution in [1.29, 1.82) is 0 Å². The number of hydrogen-bond donors (Lipinski definition) is 1. The topological polar surface area (TPSA) is 42.0 Å². The molecule has 3 rings (SSSR count). The second-order valence-corrected chi connectivity index (χ2v) is 6.44. The van der Waals surface area contributed by atoms with Gasteiger partial charge in [-0.1, -0.05) is 40.6 Å². The molecule has 0 radical (unpaired) electrons. The number of carbonyl (C=O) groups excluding carboxylic acids is 1. The Morgan fingerprint density at radius 1 is 1.19 bits per heavy atom. The van der Waals surface area contributed by atoms with Crippen molar-refractivity contribution in [2.45, 2.75) is 6.92 Å². The number of nitrogens with one attached hydrogen (secondary N) is 1. The summed E-state index contributed by atoms with van der Waals surface area (Å²) in [7, 11) is 0. The lowest BCUT2D eigenvalue weighted by Crippen LogP contribution is -2.12. The number of amides is 1. The van der Waals surface area contributed by atoms with Gasteiger partial charge in [-0.15, -0.1) is 0 Å². The van der Waals surface area contributed by atoms with E-state index in [1.54, 1.807) is 18.2 Å². The van der Waals surface area contributed by atoms with Gasteiger partial charge in [-0.3, -0.25) is 10.1 Å². The first-order valence-corrected chi connectivity index (χ1v) is 7.74. The molecule has 0 unspecified atom stereocenters. The van der Waals surface area contributed by atoms with Crippen LogP contribution in [0.15, 0.2) is 36.4 Å². The maximum Gasteiger partial charge on any atom is 0.258 e. The zero-order valence-corrected chi connectivity index (χ0v) is 13.3. The van der Waals surface area contributed by atoms with Crippen molar-refractivity contribution in [3.63, 3.8) is 0 Å². The molecular formula is C15H10Cl2N2OS. The third-order valence-corrected chi connectivity index (χ3v) is 4.42. The number of thiazole rings is 1. The van der Waals surface area contributed by atoms with Crippen LogP contribution in [0.2, 0.25) is 10.0 Å². The van der Waals surface area contributed by atoms with Crippen LogP contribution in [0.5, 0.6) is 0 Å². The lowest BCUT2D eigenvalue weighted by molar-refractivity contribution is 0.102. The molecule has 1 heterocycles. The summed E-state index contributed by atoms with van der Waals surface area (Å²) in [4.78, 5) is 16.6. The fraction of sp³-hybridized carbons (Fsp3) is 0.0667. The molecule has 1 aromatic heterocycles. The van der Waals surface area contributed by atoms with Crippen molar-refractivity contribution >= 4 is 55.8 Å². The fourth-order valence-electron chi connectivity index (χ4n) is 1.92. The zero-order chi connectivity index (χ0) is 15.0. The lowest BCUT2D eigenvalue weighted by atomic mass is 10.2. The molecule has 0 aliphatic carbocycles. The van der Waals surface area contributed by atoms with E-state index in [2.05, 4.69) is 10.3 Å². The molecule has 0 spiro atoms. The minimum atomic E-state index is -0.299. The number of nitrogens with zero attached hydrogens (tertiary/aromatic N) is 1. The molecule has 6 heteroatoms. The minimum absolute atomic E-state index is 0.299. The summed E-state index contributed by atoms with van der Waals surface area (Å²) in [6, 6.07) is 10.7. The zero-order valence-electron chi connectivity index (χ0n) is 11.0. The number of halogens is 2. The molecule has 21 heavy (non-hydrogen) atoms. The summed E-state index contributed by atoms with van der Waals surface area (Å²) >= 11 is 13.3. The summed E-state index contributed by atoms with van der Waals surface area (Å²) in [5, 5.41) is 4.13. The van der Waals surface area contributed by atoms with E-state index in [1.807, 2.05) is 25.1 Å². The molecule has 0 aliphatic heterocycles. The molecule has 0 atom stereocenters. The first-order valence-electron chi connectivity index (χ1n) is 6.16. The van der Waals surface area contributed by atoms with Gasteiger partial charge >= 0.3 is 0 Å². The number of hydrogen-bond acceptors (Lipinski definition) is 3. The second kappa shape index (κ2) is 5.64. The van der Waals surface area contributed by atoms with E-state index in [1.165, 1.54) is 11.3 Å². The summed E-state index contributed by atoms with van der Waals surface area (Å²) in [5.74, 6) is -0.299. The molecule has 2 aromatic carbocycles. The number of rotatable bonds is 2. The third-order valence-electron chi connectivity index (χ3n) is 2.94. The highest BCUT2D eigenvalue weighted by atomic mass is 35.5. The number of anilines is 1. The van der Waals surface area contributed by atoms with E-state index in [9.17, 15) is 4.79 Å². The van der Waals surface area contributed by atoms with Crippen molar-refractivity contribution < 1.29 is 4.79 Å². The van der Waals surface area contributed by atoms with Crippen LogP contribution in [0.25, 0.3) is 10.2 Å². The van der Waals surface area contributed by atoms with Crippen molar-refractivity contribution in [3.8, 4) is 0 Å². The van der Waals surface area contributed by atoms with Gasteiger partial charge in [0, 0.05) is 5.02 Å². The molecule has 3 aromatic rings. The van der Waals surface area contributed by atoms with E-state index in [0.717, 1.165) is 15.8 Å². The van der Waals surface area contributed by atoms with Gasteiger partial charge in [0.1, 0.15) is 0 Å². The second-order valence-electron chi connectivity index (χ2n) is 4.57. The predicted octanol–water partition coefficient (Wildman–Crippen LogP) is 5.16. The molecule has 1 amide bonds. The summed E-state index contributed by atoms with van der Waals surface area (Å²) in [6.07, 6.45) is 0. The van der Waals surface area contributed by atoms with Crippen LogP contribution in [-0.4, -0.2) is 10.9 Å². The fourth-order valence-corrected chi connectivity index (χ4v) is 3.38. The molecule has 0 saturated carbocycles. The molecule has 106 valence electrons. The monoisotopic (exact) mass is 336 g/mol. The van der Waals surface area contributed by atoms with Gasteiger partial charge in [-0.25, -0.2) is 4.98 Å². The number of aromatic nitrogens is 1. The molecule has 0 bridgehead atoms. The Kier molecular flexibility index (Phi) is 3.85. The summed E-state index contributed by atoms with van der Waals surface area (Å²) in [6.45, 7) is 2.02. The lowest BCUT2D eigenvalue weighted by Gasteiger charge is -2.04. The molecule has 1 N–H and O–H groups in total. The van der Waals surface area contributed by atoms with E-state index in [-0.39, 0.29) is 5.91 Å². The highest BCUT2D eigenvalue weighted by molar-refractivity contribution is 7.22. The van der Waals surface area contributed by atoms with Crippen LogP contribution in [-0.2, 0) is 0 Å². The Hall–Kier alpha value is -1.62. The predicted molar refractivity (Wildman–Crippen MR) is 88.8 cm³/mol. The average Bonchev–Trinajstić information content (AvgIpc) is 2.79. The Morgan fingerprint density at radius 2 is 2.00 bits per heavy atom. The van der Waals surface area contributed by atoms with Gasteiger partial charge in [0.15, 0.2) is 5.13 Å². The van der Waals surface area contributed by atoms with Crippen LogP contribution >= 0.6 is 34.5 Å². The Labute approximate surface area is 135 Å². The SMILES string of the molecule is Cc1ccc2nc(NC(=O)c3ccc(Cl)cc3Cl)sc2c1. The van der Waals surface area contributed by atoms with E-state index < -0.39 is 0 Å². The van der Waals surface area contributed by atoms with Crippen LogP contribution < -0.4 is 5.32 Å². The third kappa shape index (κ3) is 3.02. The van der Waals surface area contributed by atoms with Gasteiger partial charge in [0.25, 0.3) is 5.91 Å². The van der Waals surface area contributed by atoms with Crippen LogP contribution in [0, 0.1) is 6.92 Å². The van der Waals surface area contributed by atoms with E-state index >= 15 is 0 Å². The van der Waals surface area contributed by atoms with Crippen molar-refractivity contribution in [3.05, 3.63) is 57.6 Å². The van der Waals surface area contributed by atoms with E-state index in [0.29, 0.717) is 20.7 Å². The summed E-state index contributed by atoms with van der Waals surface area (Å²) in [5.41, 5.74) is 2.39. The average molecular weight is 337 g/mol. The molecule has 0 fully saturated rings. The smallest absolute Gasteiger partial charge is 0.258 e. The van der Waals surface area contributed by atoms with Gasteiger partial charge < -0.3 is 0 Å². The van der Waals surface area contributed by atoms with Crippen molar-refractivity contribution in [2.75, 3.05) is 5.32 Å².